The molecule has 0 aromatic heterocycles. The summed E-state index contributed by atoms with van der Waals surface area (Å²) in [5, 5.41) is 20.8. The smallest absolute Gasteiger partial charge is 0.224 e. The highest BCUT2D eigenvalue weighted by Gasteiger charge is 2.24. The SMILES string of the molecule is Cc1cccc(OCCC(=O)NC(C)(CO)CO)c1C. The average molecular weight is 281 g/mol. The highest BCUT2D eigenvalue weighted by Crippen LogP contribution is 2.20. The first kappa shape index (κ1) is 16.5. The second-order valence-electron chi connectivity index (χ2n) is 5.22. The van der Waals surface area contributed by atoms with Crippen molar-refractivity contribution in [1.29, 1.82) is 0 Å². The van der Waals surface area contributed by atoms with E-state index in [0.29, 0.717) is 0 Å². The van der Waals surface area contributed by atoms with Crippen LogP contribution in [0.1, 0.15) is 24.5 Å². The molecule has 0 aliphatic carbocycles. The van der Waals surface area contributed by atoms with Crippen LogP contribution in [0.15, 0.2) is 18.2 Å². The maximum absolute atomic E-state index is 11.7. The lowest BCUT2D eigenvalue weighted by Gasteiger charge is -2.26. The molecule has 0 saturated heterocycles. The topological polar surface area (TPSA) is 78.8 Å². The van der Waals surface area contributed by atoms with Gasteiger partial charge in [-0.05, 0) is 38.0 Å². The number of ether oxygens (including phenoxy) is 1. The molecule has 0 saturated carbocycles. The second-order valence-corrected chi connectivity index (χ2v) is 5.22. The third-order valence-electron chi connectivity index (χ3n) is 3.28. The summed E-state index contributed by atoms with van der Waals surface area (Å²) in [5.74, 6) is 0.505. The minimum atomic E-state index is -0.990. The number of aryl methyl sites for hydroxylation is 1. The number of aliphatic hydroxyl groups excluding tert-OH is 2. The fourth-order valence-corrected chi connectivity index (χ4v) is 1.66. The number of hydrogen-bond donors (Lipinski definition) is 3. The van der Waals surface area contributed by atoms with E-state index in [9.17, 15) is 4.79 Å². The Morgan fingerprint density at radius 2 is 1.95 bits per heavy atom. The van der Waals surface area contributed by atoms with Gasteiger partial charge in [-0.15, -0.1) is 0 Å². The largest absolute Gasteiger partial charge is 0.493 e. The molecule has 1 amide bonds. The van der Waals surface area contributed by atoms with Gasteiger partial charge in [0.15, 0.2) is 0 Å². The van der Waals surface area contributed by atoms with Gasteiger partial charge in [-0.3, -0.25) is 4.79 Å². The van der Waals surface area contributed by atoms with Gasteiger partial charge in [0.1, 0.15) is 5.75 Å². The van der Waals surface area contributed by atoms with Crippen LogP contribution in [0, 0.1) is 13.8 Å². The molecule has 112 valence electrons. The van der Waals surface area contributed by atoms with E-state index < -0.39 is 5.54 Å². The molecule has 5 nitrogen and oxygen atoms in total. The summed E-state index contributed by atoms with van der Waals surface area (Å²) >= 11 is 0. The van der Waals surface area contributed by atoms with E-state index in [4.69, 9.17) is 14.9 Å². The van der Waals surface area contributed by atoms with Crippen molar-refractivity contribution < 1.29 is 19.7 Å². The molecule has 0 radical (unpaired) electrons. The number of benzene rings is 1. The van der Waals surface area contributed by atoms with Crippen LogP contribution in [0.5, 0.6) is 5.75 Å². The number of carbonyl (C=O) groups is 1. The first-order valence-electron chi connectivity index (χ1n) is 6.63. The van der Waals surface area contributed by atoms with Crippen molar-refractivity contribution in [3.05, 3.63) is 29.3 Å². The van der Waals surface area contributed by atoms with Crippen molar-refractivity contribution in [3.8, 4) is 5.75 Å². The molecule has 0 spiro atoms. The Labute approximate surface area is 119 Å². The van der Waals surface area contributed by atoms with Gasteiger partial charge in [-0.1, -0.05) is 12.1 Å². The Balaban J connectivity index is 2.45. The van der Waals surface area contributed by atoms with E-state index >= 15 is 0 Å². The zero-order chi connectivity index (χ0) is 15.2. The molecule has 0 fully saturated rings. The molecule has 0 aliphatic rings. The molecule has 1 aromatic rings. The summed E-state index contributed by atoms with van der Waals surface area (Å²) in [5.41, 5.74) is 1.21. The van der Waals surface area contributed by atoms with Crippen molar-refractivity contribution in [1.82, 2.24) is 5.32 Å². The molecule has 20 heavy (non-hydrogen) atoms. The Hall–Kier alpha value is -1.59. The number of carbonyl (C=O) groups excluding carboxylic acids is 1. The molecule has 0 unspecified atom stereocenters. The van der Waals surface area contributed by atoms with Gasteiger partial charge in [-0.2, -0.15) is 0 Å². The average Bonchev–Trinajstić information content (AvgIpc) is 2.43. The molecule has 0 aliphatic heterocycles. The lowest BCUT2D eigenvalue weighted by atomic mass is 10.1. The highest BCUT2D eigenvalue weighted by atomic mass is 16.5. The molecule has 1 aromatic carbocycles. The molecule has 3 N–H and O–H groups in total. The molecular formula is C15H23NO4. The summed E-state index contributed by atoms with van der Waals surface area (Å²) in [7, 11) is 0. The maximum Gasteiger partial charge on any atom is 0.224 e. The second kappa shape index (κ2) is 7.26. The summed E-state index contributed by atoms with van der Waals surface area (Å²) in [6.45, 7) is 5.18. The van der Waals surface area contributed by atoms with E-state index in [-0.39, 0.29) is 32.1 Å². The number of rotatable bonds is 7. The van der Waals surface area contributed by atoms with Crippen LogP contribution >= 0.6 is 0 Å². The third kappa shape index (κ3) is 4.51. The van der Waals surface area contributed by atoms with Crippen molar-refractivity contribution in [2.75, 3.05) is 19.8 Å². The van der Waals surface area contributed by atoms with E-state index in [0.717, 1.165) is 16.9 Å². The van der Waals surface area contributed by atoms with Crippen molar-refractivity contribution >= 4 is 5.91 Å². The van der Waals surface area contributed by atoms with Gasteiger partial charge >= 0.3 is 0 Å². The van der Waals surface area contributed by atoms with Gasteiger partial charge in [0.2, 0.25) is 5.91 Å². The van der Waals surface area contributed by atoms with Gasteiger partial charge in [0.25, 0.3) is 0 Å². The summed E-state index contributed by atoms with van der Waals surface area (Å²) in [6.07, 6.45) is 0.170. The number of hydrogen-bond acceptors (Lipinski definition) is 4. The van der Waals surface area contributed by atoms with Crippen molar-refractivity contribution in [3.63, 3.8) is 0 Å². The quantitative estimate of drug-likeness (QED) is 0.695. The Bertz CT molecular complexity index is 455. The predicted octanol–water partition coefficient (Wildman–Crippen LogP) is 0.932. The Kier molecular flexibility index (Phi) is 5.98. The predicted molar refractivity (Wildman–Crippen MR) is 76.7 cm³/mol. The minimum Gasteiger partial charge on any atom is -0.493 e. The lowest BCUT2D eigenvalue weighted by Crippen LogP contribution is -2.51. The Morgan fingerprint density at radius 1 is 1.30 bits per heavy atom. The third-order valence-corrected chi connectivity index (χ3v) is 3.28. The molecule has 1 rings (SSSR count). The first-order chi connectivity index (χ1) is 9.41. The summed E-state index contributed by atoms with van der Waals surface area (Å²) < 4.78 is 5.58. The van der Waals surface area contributed by atoms with Crippen LogP contribution in [0.4, 0.5) is 0 Å². The fourth-order valence-electron chi connectivity index (χ4n) is 1.66. The number of aliphatic hydroxyl groups is 2. The van der Waals surface area contributed by atoms with Crippen LogP contribution in [-0.2, 0) is 4.79 Å². The zero-order valence-corrected chi connectivity index (χ0v) is 12.3. The molecule has 0 bridgehead atoms. The van der Waals surface area contributed by atoms with Crippen molar-refractivity contribution in [2.24, 2.45) is 0 Å². The molecule has 5 heteroatoms. The Morgan fingerprint density at radius 3 is 2.55 bits per heavy atom. The normalized spacial score (nSPS) is 11.2. The van der Waals surface area contributed by atoms with Crippen LogP contribution in [0.25, 0.3) is 0 Å². The highest BCUT2D eigenvalue weighted by molar-refractivity contribution is 5.76. The minimum absolute atomic E-state index is 0.170. The van der Waals surface area contributed by atoms with Gasteiger partial charge < -0.3 is 20.3 Å². The molecule has 0 atom stereocenters. The molecule has 0 heterocycles. The zero-order valence-electron chi connectivity index (χ0n) is 12.3. The van der Waals surface area contributed by atoms with E-state index in [2.05, 4.69) is 5.32 Å². The van der Waals surface area contributed by atoms with Gasteiger partial charge in [0, 0.05) is 0 Å². The van der Waals surface area contributed by atoms with Crippen molar-refractivity contribution in [2.45, 2.75) is 32.7 Å². The van der Waals surface area contributed by atoms with Gasteiger partial charge in [0.05, 0.1) is 31.8 Å². The number of nitrogens with one attached hydrogen (secondary N) is 1. The number of amides is 1. The standard InChI is InChI=1S/C15H23NO4/c1-11-5-4-6-13(12(11)2)20-8-7-14(19)16-15(3,9-17)10-18/h4-6,17-18H,7-10H2,1-3H3,(H,16,19). The van der Waals surface area contributed by atoms with Crippen LogP contribution in [0.2, 0.25) is 0 Å². The van der Waals surface area contributed by atoms with E-state index in [1.165, 1.54) is 0 Å². The van der Waals surface area contributed by atoms with E-state index in [1.807, 2.05) is 32.0 Å². The van der Waals surface area contributed by atoms with Gasteiger partial charge in [-0.25, -0.2) is 0 Å². The fraction of sp³-hybridized carbons (Fsp3) is 0.533. The lowest BCUT2D eigenvalue weighted by molar-refractivity contribution is -0.124. The van der Waals surface area contributed by atoms with Crippen LogP contribution in [-0.4, -0.2) is 41.5 Å². The summed E-state index contributed by atoms with van der Waals surface area (Å²) in [6, 6.07) is 5.78. The van der Waals surface area contributed by atoms with Crippen LogP contribution in [0.3, 0.4) is 0 Å². The van der Waals surface area contributed by atoms with E-state index in [1.54, 1.807) is 6.92 Å². The monoisotopic (exact) mass is 281 g/mol. The maximum atomic E-state index is 11.7. The summed E-state index contributed by atoms with van der Waals surface area (Å²) in [4.78, 5) is 11.7. The van der Waals surface area contributed by atoms with Crippen LogP contribution < -0.4 is 10.1 Å². The molecular weight excluding hydrogens is 258 g/mol. The first-order valence-corrected chi connectivity index (χ1v) is 6.63.